The van der Waals surface area contributed by atoms with Crippen LogP contribution in [0.4, 0.5) is 4.79 Å². The van der Waals surface area contributed by atoms with Crippen molar-refractivity contribution in [3.63, 3.8) is 0 Å². The van der Waals surface area contributed by atoms with E-state index in [1.807, 2.05) is 11.0 Å². The standard InChI is InChI=1S/C28H25NO3/c30-28(29-21-14-20(15-22(29)17-31-16-21)19-8-2-1-3-9-19)32-18-27-25-12-6-4-10-23(25)24-11-5-7-13-26(24)27/h1-14,21-22,27H,15-18H2. The predicted molar refractivity (Wildman–Crippen MR) is 124 cm³/mol. The quantitative estimate of drug-likeness (QED) is 0.559. The zero-order chi connectivity index (χ0) is 21.5. The van der Waals surface area contributed by atoms with Crippen LogP contribution >= 0.6 is 0 Å². The molecular formula is C28H25NO3. The average Bonchev–Trinajstić information content (AvgIpc) is 3.16. The molecule has 1 aliphatic carbocycles. The number of hydrogen-bond acceptors (Lipinski definition) is 3. The van der Waals surface area contributed by atoms with E-state index in [1.165, 1.54) is 33.4 Å². The summed E-state index contributed by atoms with van der Waals surface area (Å²) in [5, 5.41) is 0. The van der Waals surface area contributed by atoms with Gasteiger partial charge in [-0.15, -0.1) is 0 Å². The van der Waals surface area contributed by atoms with Crippen molar-refractivity contribution in [2.75, 3.05) is 19.8 Å². The number of amides is 1. The highest BCUT2D eigenvalue weighted by Crippen LogP contribution is 2.44. The van der Waals surface area contributed by atoms with Gasteiger partial charge in [0.25, 0.3) is 0 Å². The molecule has 3 aromatic carbocycles. The van der Waals surface area contributed by atoms with Crippen LogP contribution in [-0.2, 0) is 9.47 Å². The normalized spacial score (nSPS) is 21.5. The third-order valence-corrected chi connectivity index (χ3v) is 6.89. The fourth-order valence-corrected chi connectivity index (χ4v) is 5.42. The molecule has 1 amide bonds. The lowest BCUT2D eigenvalue weighted by atomic mass is 9.90. The molecule has 0 N–H and O–H groups in total. The van der Waals surface area contributed by atoms with E-state index >= 15 is 0 Å². The van der Waals surface area contributed by atoms with Crippen LogP contribution in [0.25, 0.3) is 16.7 Å². The summed E-state index contributed by atoms with van der Waals surface area (Å²) < 4.78 is 11.7. The third kappa shape index (κ3) is 3.23. The van der Waals surface area contributed by atoms with Crippen LogP contribution in [0.1, 0.15) is 29.0 Å². The smallest absolute Gasteiger partial charge is 0.410 e. The lowest BCUT2D eigenvalue weighted by Gasteiger charge is -2.44. The first kappa shape index (κ1) is 19.3. The summed E-state index contributed by atoms with van der Waals surface area (Å²) >= 11 is 0. The topological polar surface area (TPSA) is 38.8 Å². The molecule has 1 saturated heterocycles. The van der Waals surface area contributed by atoms with Gasteiger partial charge in [-0.25, -0.2) is 4.79 Å². The number of benzene rings is 3. The summed E-state index contributed by atoms with van der Waals surface area (Å²) in [4.78, 5) is 15.1. The number of carbonyl (C=O) groups excluding carboxylic acids is 1. The molecule has 4 nitrogen and oxygen atoms in total. The minimum absolute atomic E-state index is 0.00427. The second kappa shape index (κ2) is 7.95. The van der Waals surface area contributed by atoms with Gasteiger partial charge in [-0.2, -0.15) is 0 Å². The minimum Gasteiger partial charge on any atom is -0.448 e. The van der Waals surface area contributed by atoms with Gasteiger partial charge in [0, 0.05) is 5.92 Å². The maximum Gasteiger partial charge on any atom is 0.410 e. The molecule has 3 aliphatic rings. The molecule has 0 saturated carbocycles. The highest BCUT2D eigenvalue weighted by atomic mass is 16.6. The van der Waals surface area contributed by atoms with E-state index < -0.39 is 0 Å². The van der Waals surface area contributed by atoms with E-state index in [0.29, 0.717) is 19.8 Å². The first-order valence-electron chi connectivity index (χ1n) is 11.3. The van der Waals surface area contributed by atoms with E-state index in [4.69, 9.17) is 9.47 Å². The Labute approximate surface area is 188 Å². The molecule has 0 aromatic heterocycles. The van der Waals surface area contributed by atoms with Crippen LogP contribution in [0.5, 0.6) is 0 Å². The van der Waals surface area contributed by atoms with Gasteiger partial charge in [0.2, 0.25) is 0 Å². The zero-order valence-electron chi connectivity index (χ0n) is 17.8. The molecule has 2 bridgehead atoms. The Bertz CT molecular complexity index is 1140. The number of fused-ring (bicyclic) bond motifs is 5. The first-order chi connectivity index (χ1) is 15.8. The van der Waals surface area contributed by atoms with Gasteiger partial charge in [-0.05, 0) is 39.8 Å². The van der Waals surface area contributed by atoms with Crippen LogP contribution < -0.4 is 0 Å². The van der Waals surface area contributed by atoms with Crippen LogP contribution in [0.3, 0.4) is 0 Å². The summed E-state index contributed by atoms with van der Waals surface area (Å²) in [5.74, 6) is 0.0719. The predicted octanol–water partition coefficient (Wildman–Crippen LogP) is 5.49. The van der Waals surface area contributed by atoms with Crippen molar-refractivity contribution in [1.29, 1.82) is 0 Å². The SMILES string of the molecule is O=C(OCC1c2ccccc2-c2ccccc21)N1C2C=C(c3ccccc3)CC1COC2. The molecule has 0 radical (unpaired) electrons. The van der Waals surface area contributed by atoms with Crippen molar-refractivity contribution < 1.29 is 14.3 Å². The minimum atomic E-state index is -0.242. The van der Waals surface area contributed by atoms with E-state index in [1.54, 1.807) is 0 Å². The Morgan fingerprint density at radius 2 is 1.53 bits per heavy atom. The molecule has 0 spiro atoms. The van der Waals surface area contributed by atoms with Crippen molar-refractivity contribution in [3.05, 3.63) is 102 Å². The zero-order valence-corrected chi connectivity index (χ0v) is 17.8. The Hall–Kier alpha value is -3.37. The summed E-state index contributed by atoms with van der Waals surface area (Å²) in [6.45, 7) is 1.40. The Morgan fingerprint density at radius 1 is 0.875 bits per heavy atom. The molecule has 2 atom stereocenters. The van der Waals surface area contributed by atoms with Gasteiger partial charge in [0.15, 0.2) is 0 Å². The molecule has 4 heteroatoms. The van der Waals surface area contributed by atoms with Crippen molar-refractivity contribution in [3.8, 4) is 11.1 Å². The molecule has 32 heavy (non-hydrogen) atoms. The van der Waals surface area contributed by atoms with Crippen LogP contribution in [0.2, 0.25) is 0 Å². The fraction of sp³-hybridized carbons (Fsp3) is 0.250. The largest absolute Gasteiger partial charge is 0.448 e. The first-order valence-corrected chi connectivity index (χ1v) is 11.3. The Balaban J connectivity index is 1.22. The molecule has 3 aromatic rings. The van der Waals surface area contributed by atoms with Gasteiger partial charge in [0.05, 0.1) is 25.3 Å². The van der Waals surface area contributed by atoms with Crippen molar-refractivity contribution in [2.45, 2.75) is 24.4 Å². The molecule has 2 heterocycles. The second-order valence-corrected chi connectivity index (χ2v) is 8.73. The average molecular weight is 424 g/mol. The maximum absolute atomic E-state index is 13.3. The van der Waals surface area contributed by atoms with Gasteiger partial charge in [-0.1, -0.05) is 84.9 Å². The molecule has 160 valence electrons. The molecule has 1 fully saturated rings. The number of ether oxygens (including phenoxy) is 2. The van der Waals surface area contributed by atoms with Crippen LogP contribution in [0.15, 0.2) is 84.9 Å². The summed E-state index contributed by atoms with van der Waals surface area (Å²) in [5.41, 5.74) is 7.44. The highest BCUT2D eigenvalue weighted by molar-refractivity contribution is 5.79. The van der Waals surface area contributed by atoms with E-state index in [0.717, 1.165) is 6.42 Å². The Kier molecular flexibility index (Phi) is 4.80. The van der Waals surface area contributed by atoms with Crippen LogP contribution in [-0.4, -0.2) is 42.9 Å². The molecule has 2 aliphatic heterocycles. The number of carbonyl (C=O) groups is 1. The fourth-order valence-electron chi connectivity index (χ4n) is 5.42. The van der Waals surface area contributed by atoms with Crippen molar-refractivity contribution in [1.82, 2.24) is 4.90 Å². The second-order valence-electron chi connectivity index (χ2n) is 8.73. The monoisotopic (exact) mass is 423 g/mol. The van der Waals surface area contributed by atoms with Gasteiger partial charge >= 0.3 is 6.09 Å². The van der Waals surface area contributed by atoms with Gasteiger partial charge in [0.1, 0.15) is 6.61 Å². The number of hydrogen-bond donors (Lipinski definition) is 0. The lowest BCUT2D eigenvalue weighted by molar-refractivity contribution is -0.0331. The van der Waals surface area contributed by atoms with Crippen molar-refractivity contribution >= 4 is 11.7 Å². The van der Waals surface area contributed by atoms with Crippen LogP contribution in [0, 0.1) is 0 Å². The van der Waals surface area contributed by atoms with E-state index in [-0.39, 0.29) is 24.1 Å². The van der Waals surface area contributed by atoms with Gasteiger partial charge < -0.3 is 9.47 Å². The lowest BCUT2D eigenvalue weighted by Crippen LogP contribution is -2.56. The summed E-state index contributed by atoms with van der Waals surface area (Å²) in [6, 6.07) is 27.2. The molecule has 6 rings (SSSR count). The summed E-state index contributed by atoms with van der Waals surface area (Å²) in [6.07, 6.45) is 2.71. The third-order valence-electron chi connectivity index (χ3n) is 6.89. The number of nitrogens with zero attached hydrogens (tertiary/aromatic N) is 1. The van der Waals surface area contributed by atoms with E-state index in [9.17, 15) is 4.79 Å². The maximum atomic E-state index is 13.3. The highest BCUT2D eigenvalue weighted by Gasteiger charge is 2.39. The Morgan fingerprint density at radius 3 is 2.22 bits per heavy atom. The van der Waals surface area contributed by atoms with Gasteiger partial charge in [-0.3, -0.25) is 4.90 Å². The van der Waals surface area contributed by atoms with E-state index in [2.05, 4.69) is 78.9 Å². The molecular weight excluding hydrogens is 398 g/mol. The van der Waals surface area contributed by atoms with Crippen molar-refractivity contribution in [2.24, 2.45) is 0 Å². The number of morpholine rings is 1. The molecule has 2 unspecified atom stereocenters. The number of rotatable bonds is 3. The summed E-state index contributed by atoms with van der Waals surface area (Å²) in [7, 11) is 0.